The van der Waals surface area contributed by atoms with Crippen LogP contribution in [0.2, 0.25) is 5.02 Å². The van der Waals surface area contributed by atoms with Gasteiger partial charge in [0, 0.05) is 11.3 Å². The molecule has 0 saturated carbocycles. The summed E-state index contributed by atoms with van der Waals surface area (Å²) in [4.78, 5) is 38.6. The zero-order valence-electron chi connectivity index (χ0n) is 17.8. The molecule has 3 aromatic carbocycles. The quantitative estimate of drug-likeness (QED) is 0.300. The van der Waals surface area contributed by atoms with Crippen LogP contribution in [-0.2, 0) is 15.8 Å². The van der Waals surface area contributed by atoms with Gasteiger partial charge < -0.3 is 10.6 Å². The summed E-state index contributed by atoms with van der Waals surface area (Å²) in [6, 6.07) is 13.2. The maximum Gasteiger partial charge on any atom is 0.416 e. The van der Waals surface area contributed by atoms with Gasteiger partial charge in [-0.15, -0.1) is 0 Å². The van der Waals surface area contributed by atoms with Crippen LogP contribution < -0.4 is 15.5 Å². The lowest BCUT2D eigenvalue weighted by molar-refractivity contribution is -0.137. The molecule has 36 heavy (non-hydrogen) atoms. The van der Waals surface area contributed by atoms with E-state index >= 15 is 0 Å². The second-order valence-electron chi connectivity index (χ2n) is 7.44. The highest BCUT2D eigenvalue weighted by Gasteiger charge is 2.40. The van der Waals surface area contributed by atoms with Crippen LogP contribution in [0.15, 0.2) is 77.5 Å². The number of anilines is 3. The van der Waals surface area contributed by atoms with E-state index in [1.807, 2.05) is 0 Å². The van der Waals surface area contributed by atoms with Gasteiger partial charge in [-0.05, 0) is 48.5 Å². The molecule has 0 saturated heterocycles. The minimum absolute atomic E-state index is 0.00654. The van der Waals surface area contributed by atoms with Crippen LogP contribution in [0.4, 0.5) is 34.6 Å². The molecule has 0 aliphatic carbocycles. The number of imide groups is 1. The predicted octanol–water partition coefficient (Wildman–Crippen LogP) is 6.19. The first kappa shape index (κ1) is 25.2. The number of para-hydroxylation sites is 1. The van der Waals surface area contributed by atoms with Crippen molar-refractivity contribution < 1.29 is 31.9 Å². The van der Waals surface area contributed by atoms with E-state index in [1.165, 1.54) is 42.5 Å². The maximum absolute atomic E-state index is 14.2. The third-order valence-electron chi connectivity index (χ3n) is 5.06. The molecule has 3 aromatic rings. The molecule has 4 rings (SSSR count). The summed E-state index contributed by atoms with van der Waals surface area (Å²) in [6.45, 7) is 0. The van der Waals surface area contributed by atoms with Gasteiger partial charge in [-0.2, -0.15) is 13.2 Å². The van der Waals surface area contributed by atoms with E-state index in [1.54, 1.807) is 0 Å². The fourth-order valence-electron chi connectivity index (χ4n) is 3.34. The van der Waals surface area contributed by atoms with Crippen molar-refractivity contribution in [3.05, 3.63) is 99.4 Å². The summed E-state index contributed by atoms with van der Waals surface area (Å²) < 4.78 is 53.2. The van der Waals surface area contributed by atoms with Crippen molar-refractivity contribution >= 4 is 58.0 Å². The Balaban J connectivity index is 1.56. The van der Waals surface area contributed by atoms with Crippen LogP contribution >= 0.6 is 23.2 Å². The summed E-state index contributed by atoms with van der Waals surface area (Å²) in [5.74, 6) is -3.46. The average Bonchev–Trinajstić information content (AvgIpc) is 3.03. The van der Waals surface area contributed by atoms with Crippen molar-refractivity contribution in [1.29, 1.82) is 0 Å². The molecule has 3 amide bonds. The number of nitrogens with one attached hydrogen (secondary N) is 2. The Morgan fingerprint density at radius 1 is 0.889 bits per heavy atom. The molecule has 12 heteroatoms. The Hall–Kier alpha value is -3.89. The zero-order valence-corrected chi connectivity index (χ0v) is 19.3. The van der Waals surface area contributed by atoms with Gasteiger partial charge in [-0.3, -0.25) is 14.4 Å². The highest BCUT2D eigenvalue weighted by molar-refractivity contribution is 6.53. The minimum Gasteiger partial charge on any atom is -0.350 e. The molecule has 0 fully saturated rings. The van der Waals surface area contributed by atoms with Crippen molar-refractivity contribution in [3.8, 4) is 0 Å². The van der Waals surface area contributed by atoms with Gasteiger partial charge in [0.2, 0.25) is 0 Å². The lowest BCUT2D eigenvalue weighted by Crippen LogP contribution is -2.33. The van der Waals surface area contributed by atoms with Gasteiger partial charge in [0.1, 0.15) is 16.5 Å². The van der Waals surface area contributed by atoms with E-state index in [9.17, 15) is 31.9 Å². The van der Waals surface area contributed by atoms with E-state index < -0.39 is 40.3 Å². The van der Waals surface area contributed by atoms with E-state index in [0.717, 1.165) is 18.2 Å². The fraction of sp³-hybridized carbons (Fsp3) is 0.0417. The van der Waals surface area contributed by atoms with Crippen LogP contribution in [0.1, 0.15) is 15.9 Å². The molecular formula is C24H13Cl2F4N3O3. The number of rotatable bonds is 5. The van der Waals surface area contributed by atoms with Crippen LogP contribution in [0.3, 0.4) is 0 Å². The first-order valence-corrected chi connectivity index (χ1v) is 10.8. The first-order valence-electron chi connectivity index (χ1n) is 10.1. The van der Waals surface area contributed by atoms with Gasteiger partial charge in [0.05, 0.1) is 22.0 Å². The van der Waals surface area contributed by atoms with E-state index in [4.69, 9.17) is 23.2 Å². The number of alkyl halides is 3. The van der Waals surface area contributed by atoms with Crippen molar-refractivity contribution in [2.24, 2.45) is 0 Å². The molecule has 0 atom stereocenters. The van der Waals surface area contributed by atoms with Crippen LogP contribution in [0.5, 0.6) is 0 Å². The van der Waals surface area contributed by atoms with Crippen molar-refractivity contribution in [1.82, 2.24) is 0 Å². The lowest BCUT2D eigenvalue weighted by atomic mass is 10.1. The average molecular weight is 538 g/mol. The van der Waals surface area contributed by atoms with Gasteiger partial charge in [0.15, 0.2) is 0 Å². The normalized spacial score (nSPS) is 13.9. The number of benzene rings is 3. The van der Waals surface area contributed by atoms with Crippen LogP contribution in [0, 0.1) is 5.82 Å². The first-order chi connectivity index (χ1) is 17.0. The topological polar surface area (TPSA) is 78.5 Å². The maximum atomic E-state index is 14.2. The lowest BCUT2D eigenvalue weighted by Gasteiger charge is -2.16. The van der Waals surface area contributed by atoms with Crippen LogP contribution in [0.25, 0.3) is 0 Å². The van der Waals surface area contributed by atoms with Crippen LogP contribution in [-0.4, -0.2) is 17.7 Å². The molecule has 0 spiro atoms. The number of carbonyl (C=O) groups is 3. The summed E-state index contributed by atoms with van der Waals surface area (Å²) >= 11 is 12.0. The van der Waals surface area contributed by atoms with Gasteiger partial charge >= 0.3 is 6.18 Å². The molecule has 1 heterocycles. The highest BCUT2D eigenvalue weighted by atomic mass is 35.5. The van der Waals surface area contributed by atoms with Crippen molar-refractivity contribution in [3.63, 3.8) is 0 Å². The van der Waals surface area contributed by atoms with Gasteiger partial charge in [-0.1, -0.05) is 41.4 Å². The summed E-state index contributed by atoms with van der Waals surface area (Å²) in [5.41, 5.74) is -1.73. The van der Waals surface area contributed by atoms with Crippen molar-refractivity contribution in [2.75, 3.05) is 15.5 Å². The molecule has 6 nitrogen and oxygen atoms in total. The highest BCUT2D eigenvalue weighted by Crippen LogP contribution is 2.34. The second-order valence-corrected chi connectivity index (χ2v) is 8.22. The molecular weight excluding hydrogens is 525 g/mol. The Morgan fingerprint density at radius 2 is 1.61 bits per heavy atom. The van der Waals surface area contributed by atoms with E-state index in [2.05, 4.69) is 10.6 Å². The smallest absolute Gasteiger partial charge is 0.350 e. The molecule has 1 aliphatic heterocycles. The molecule has 2 N–H and O–H groups in total. The number of carbonyl (C=O) groups excluding carboxylic acids is 3. The zero-order chi connectivity index (χ0) is 26.2. The summed E-state index contributed by atoms with van der Waals surface area (Å²) in [7, 11) is 0. The third kappa shape index (κ3) is 4.91. The minimum atomic E-state index is -4.64. The largest absolute Gasteiger partial charge is 0.416 e. The molecule has 0 bridgehead atoms. The molecule has 0 radical (unpaired) electrons. The monoisotopic (exact) mass is 537 g/mol. The Morgan fingerprint density at radius 3 is 2.31 bits per heavy atom. The standard InChI is InChI=1S/C24H13Cl2F4N3O3/c25-15-9-8-13(24(28,29)30)11-17(15)32-21(34)12-4-3-5-14(10-12)31-20-19(26)22(35)33(23(20)36)18-7-2-1-6-16(18)27/h1-11,31H,(H,32,34). The van der Waals surface area contributed by atoms with Gasteiger partial charge in [-0.25, -0.2) is 9.29 Å². The molecule has 1 aliphatic rings. The Kier molecular flexibility index (Phi) is 6.75. The fourth-order valence-corrected chi connectivity index (χ4v) is 3.72. The van der Waals surface area contributed by atoms with E-state index in [-0.39, 0.29) is 33.3 Å². The number of amides is 3. The summed E-state index contributed by atoms with van der Waals surface area (Å²) in [6.07, 6.45) is -4.64. The number of hydrogen-bond acceptors (Lipinski definition) is 4. The molecule has 184 valence electrons. The SMILES string of the molecule is O=C(Nc1cc(C(F)(F)F)ccc1Cl)c1cccc(NC2=C(Cl)C(=O)N(c3ccccc3F)C2=O)c1. The van der Waals surface area contributed by atoms with E-state index in [0.29, 0.717) is 11.0 Å². The molecule has 0 unspecified atom stereocenters. The number of hydrogen-bond donors (Lipinski definition) is 2. The Bertz CT molecular complexity index is 1440. The predicted molar refractivity (Wildman–Crippen MR) is 126 cm³/mol. The van der Waals surface area contributed by atoms with Gasteiger partial charge in [0.25, 0.3) is 17.7 Å². The molecule has 0 aromatic heterocycles. The Labute approximate surface area is 211 Å². The second kappa shape index (κ2) is 9.63. The van der Waals surface area contributed by atoms with Crippen molar-refractivity contribution in [2.45, 2.75) is 6.18 Å². The third-order valence-corrected chi connectivity index (χ3v) is 5.74. The number of nitrogens with zero attached hydrogens (tertiary/aromatic N) is 1. The number of halogens is 6. The summed E-state index contributed by atoms with van der Waals surface area (Å²) in [5, 5.41) is 4.36.